The van der Waals surface area contributed by atoms with Crippen LogP contribution in [0.1, 0.15) is 26.7 Å². The summed E-state index contributed by atoms with van der Waals surface area (Å²) < 4.78 is 11.2. The molecule has 1 heterocycles. The lowest BCUT2D eigenvalue weighted by Crippen LogP contribution is -2.58. The molecule has 192 valence electrons. The van der Waals surface area contributed by atoms with Crippen LogP contribution < -0.4 is 0 Å². The molecule has 0 aromatic heterocycles. The molecule has 0 amide bonds. The highest BCUT2D eigenvalue weighted by molar-refractivity contribution is 6.13. The second kappa shape index (κ2) is 9.40. The van der Waals surface area contributed by atoms with Gasteiger partial charge in [-0.15, -0.1) is 13.2 Å². The number of rotatable bonds is 7. The Bertz CT molecular complexity index is 1160. The summed E-state index contributed by atoms with van der Waals surface area (Å²) in [5.41, 5.74) is -1.53. The highest BCUT2D eigenvalue weighted by Crippen LogP contribution is 2.60. The van der Waals surface area contributed by atoms with E-state index in [1.54, 1.807) is 30.9 Å². The number of carbonyl (C=O) groups excluding carboxylic acids is 2. The molecule has 4 aliphatic rings. The molecule has 3 N–H and O–H groups in total. The highest BCUT2D eigenvalue weighted by Gasteiger charge is 2.62. The Labute approximate surface area is 211 Å². The Morgan fingerprint density at radius 3 is 2.50 bits per heavy atom. The number of aliphatic hydroxyl groups excluding tert-OH is 3. The van der Waals surface area contributed by atoms with Crippen LogP contribution in [-0.4, -0.2) is 77.1 Å². The smallest absolute Gasteiger partial charge is 0.340 e. The molecule has 0 saturated carbocycles. The van der Waals surface area contributed by atoms with Gasteiger partial charge in [-0.1, -0.05) is 30.9 Å². The molecule has 0 aromatic carbocycles. The normalized spacial score (nSPS) is 36.3. The molecule has 0 radical (unpaired) electrons. The maximum absolute atomic E-state index is 13.8. The first kappa shape index (κ1) is 26.0. The van der Waals surface area contributed by atoms with Crippen molar-refractivity contribution >= 4 is 11.8 Å². The van der Waals surface area contributed by atoms with E-state index in [4.69, 9.17) is 9.47 Å². The predicted octanol–water partition coefficient (Wildman–Crippen LogP) is 1.97. The number of hydrogen-bond donors (Lipinski definition) is 3. The first-order chi connectivity index (χ1) is 17.1. The van der Waals surface area contributed by atoms with Crippen LogP contribution in [-0.2, 0) is 19.1 Å². The van der Waals surface area contributed by atoms with Crippen molar-refractivity contribution in [2.45, 2.75) is 45.0 Å². The molecule has 6 atom stereocenters. The SMILES string of the molecule is C=CCN(/C=C1/C(=O)O[C@H](COC)[C@@]2(C)C1=C(O)C(=O)C1=C2[C@H](O)C[C@]2(C)C(O)CC#C[C@@H]12)CC=C. The lowest BCUT2D eigenvalue weighted by molar-refractivity contribution is -0.157. The Kier molecular flexibility index (Phi) is 6.78. The van der Waals surface area contributed by atoms with Crippen molar-refractivity contribution in [1.29, 1.82) is 0 Å². The van der Waals surface area contributed by atoms with Crippen LogP contribution in [0.5, 0.6) is 0 Å². The number of Topliss-reactive ketones (excluding diaryl/α,β-unsaturated/α-hetero) is 1. The number of allylic oxidation sites excluding steroid dienone is 1. The molecular weight excluding hydrogens is 462 g/mol. The van der Waals surface area contributed by atoms with Crippen LogP contribution in [0.3, 0.4) is 0 Å². The van der Waals surface area contributed by atoms with Crippen molar-refractivity contribution in [2.75, 3.05) is 26.8 Å². The average Bonchev–Trinajstić information content (AvgIpc) is 2.81. The van der Waals surface area contributed by atoms with Gasteiger partial charge in [0.1, 0.15) is 6.10 Å². The van der Waals surface area contributed by atoms with Crippen molar-refractivity contribution in [3.05, 3.63) is 59.6 Å². The van der Waals surface area contributed by atoms with E-state index in [1.165, 1.54) is 13.3 Å². The number of fused-ring (bicyclic) bond motifs is 4. The van der Waals surface area contributed by atoms with Gasteiger partial charge in [-0.05, 0) is 18.9 Å². The first-order valence-electron chi connectivity index (χ1n) is 12.0. The molecular formula is C28H33NO7. The van der Waals surface area contributed by atoms with Gasteiger partial charge in [-0.25, -0.2) is 4.79 Å². The number of carbonyl (C=O) groups is 2. The van der Waals surface area contributed by atoms with Gasteiger partial charge in [-0.3, -0.25) is 4.79 Å². The van der Waals surface area contributed by atoms with Gasteiger partial charge in [0.05, 0.1) is 35.7 Å². The number of nitrogens with zero attached hydrogens (tertiary/aromatic N) is 1. The molecule has 1 unspecified atom stereocenters. The zero-order valence-electron chi connectivity index (χ0n) is 20.9. The standard InChI is InChI=1S/C28H33NO7/c1-6-11-29(12-7-2)14-16-22-25(33)24(32)21-17-9-8-10-19(31)27(17,3)13-18(30)23(21)28(22,4)20(15-35-5)36-26(16)34/h6-7,14,17-20,30-31,33H,1-2,10-13,15H2,3-5H3/b16-14+/t17-,18+,19?,20+,27-,28-/m0/s1. The number of hydrogen-bond acceptors (Lipinski definition) is 8. The average molecular weight is 496 g/mol. The number of methoxy groups -OCH3 is 1. The Morgan fingerprint density at radius 1 is 1.22 bits per heavy atom. The minimum atomic E-state index is -1.28. The van der Waals surface area contributed by atoms with Crippen LogP contribution in [0.15, 0.2) is 59.6 Å². The Balaban J connectivity index is 1.99. The summed E-state index contributed by atoms with van der Waals surface area (Å²) in [6.45, 7) is 11.8. The first-order valence-corrected chi connectivity index (χ1v) is 12.0. The van der Waals surface area contributed by atoms with E-state index in [0.29, 0.717) is 18.7 Å². The lowest BCUT2D eigenvalue weighted by Gasteiger charge is -2.54. The quantitative estimate of drug-likeness (QED) is 0.213. The van der Waals surface area contributed by atoms with Crippen LogP contribution in [0.25, 0.3) is 0 Å². The maximum atomic E-state index is 13.8. The van der Waals surface area contributed by atoms with E-state index in [-0.39, 0.29) is 36.2 Å². The van der Waals surface area contributed by atoms with Gasteiger partial charge in [0.15, 0.2) is 5.76 Å². The third-order valence-corrected chi connectivity index (χ3v) is 8.02. The Morgan fingerprint density at radius 2 is 1.89 bits per heavy atom. The second-order valence-electron chi connectivity index (χ2n) is 10.2. The fraction of sp³-hybridized carbons (Fsp3) is 0.500. The topological polar surface area (TPSA) is 117 Å². The molecule has 4 rings (SSSR count). The fourth-order valence-electron chi connectivity index (χ4n) is 6.18. The van der Waals surface area contributed by atoms with Crippen LogP contribution in [0.2, 0.25) is 0 Å². The molecule has 8 heteroatoms. The van der Waals surface area contributed by atoms with Crippen LogP contribution in [0.4, 0.5) is 0 Å². The van der Waals surface area contributed by atoms with Crippen molar-refractivity contribution in [3.8, 4) is 11.8 Å². The van der Waals surface area contributed by atoms with E-state index >= 15 is 0 Å². The summed E-state index contributed by atoms with van der Waals surface area (Å²) in [6, 6.07) is 0. The molecule has 0 aromatic rings. The summed E-state index contributed by atoms with van der Waals surface area (Å²) in [5.74, 6) is 3.31. The molecule has 8 nitrogen and oxygen atoms in total. The minimum Gasteiger partial charge on any atom is -0.504 e. The summed E-state index contributed by atoms with van der Waals surface area (Å²) >= 11 is 0. The van der Waals surface area contributed by atoms with Gasteiger partial charge in [0.2, 0.25) is 5.78 Å². The summed E-state index contributed by atoms with van der Waals surface area (Å²) in [5, 5.41) is 33.7. The summed E-state index contributed by atoms with van der Waals surface area (Å²) in [6.07, 6.45) is 2.33. The van der Waals surface area contributed by atoms with Crippen molar-refractivity contribution in [2.24, 2.45) is 16.7 Å². The number of cyclic esters (lactones) is 1. The van der Waals surface area contributed by atoms with Gasteiger partial charge < -0.3 is 29.7 Å². The number of ether oxygens (including phenoxy) is 2. The fourth-order valence-corrected chi connectivity index (χ4v) is 6.18. The van der Waals surface area contributed by atoms with Crippen molar-refractivity contribution < 1.29 is 34.4 Å². The molecule has 3 aliphatic carbocycles. The Hall–Kier alpha value is -3.12. The molecule has 36 heavy (non-hydrogen) atoms. The predicted molar refractivity (Wildman–Crippen MR) is 132 cm³/mol. The number of aliphatic hydroxyl groups is 3. The number of esters is 1. The van der Waals surface area contributed by atoms with Crippen molar-refractivity contribution in [3.63, 3.8) is 0 Å². The highest BCUT2D eigenvalue weighted by atomic mass is 16.6. The lowest BCUT2D eigenvalue weighted by atomic mass is 9.51. The van der Waals surface area contributed by atoms with E-state index in [9.17, 15) is 24.9 Å². The van der Waals surface area contributed by atoms with E-state index in [0.717, 1.165) is 0 Å². The van der Waals surface area contributed by atoms with Gasteiger partial charge >= 0.3 is 5.97 Å². The van der Waals surface area contributed by atoms with Gasteiger partial charge in [0, 0.05) is 49.4 Å². The molecule has 1 fully saturated rings. The van der Waals surface area contributed by atoms with Gasteiger partial charge in [0.25, 0.3) is 0 Å². The van der Waals surface area contributed by atoms with E-state index < -0.39 is 52.6 Å². The van der Waals surface area contributed by atoms with E-state index in [2.05, 4.69) is 25.0 Å². The van der Waals surface area contributed by atoms with Crippen LogP contribution in [0, 0.1) is 28.6 Å². The molecule has 0 bridgehead atoms. The summed E-state index contributed by atoms with van der Waals surface area (Å²) in [7, 11) is 1.46. The monoisotopic (exact) mass is 495 g/mol. The number of ketones is 1. The zero-order valence-corrected chi connectivity index (χ0v) is 20.9. The largest absolute Gasteiger partial charge is 0.504 e. The van der Waals surface area contributed by atoms with E-state index in [1.807, 2.05) is 0 Å². The van der Waals surface area contributed by atoms with Crippen molar-refractivity contribution in [1.82, 2.24) is 4.90 Å². The summed E-state index contributed by atoms with van der Waals surface area (Å²) in [4.78, 5) is 28.7. The third kappa shape index (κ3) is 3.65. The van der Waals surface area contributed by atoms with Gasteiger partial charge in [-0.2, -0.15) is 0 Å². The zero-order chi connectivity index (χ0) is 26.4. The van der Waals surface area contributed by atoms with Crippen LogP contribution >= 0.6 is 0 Å². The maximum Gasteiger partial charge on any atom is 0.340 e. The molecule has 1 aliphatic heterocycles. The minimum absolute atomic E-state index is 0.0150. The molecule has 0 spiro atoms. The molecule has 1 saturated heterocycles. The second-order valence-corrected chi connectivity index (χ2v) is 10.2. The third-order valence-electron chi connectivity index (χ3n) is 8.02.